The molecule has 0 N–H and O–H groups in total. The number of ether oxygens (including phenoxy) is 1. The summed E-state index contributed by atoms with van der Waals surface area (Å²) in [5.41, 5.74) is 0.127. The summed E-state index contributed by atoms with van der Waals surface area (Å²) in [6.45, 7) is 6.08. The van der Waals surface area contributed by atoms with E-state index in [2.05, 4.69) is 5.92 Å². The van der Waals surface area contributed by atoms with Crippen molar-refractivity contribution in [3.05, 3.63) is 11.6 Å². The van der Waals surface area contributed by atoms with E-state index in [1.165, 1.54) is 0 Å². The highest BCUT2D eigenvalue weighted by molar-refractivity contribution is 5.82. The van der Waals surface area contributed by atoms with Crippen LogP contribution in [-0.4, -0.2) is 18.9 Å². The average molecular weight is 220 g/mol. The van der Waals surface area contributed by atoms with Gasteiger partial charge in [-0.15, -0.1) is 6.42 Å². The maximum Gasteiger partial charge on any atom is 0.310 e. The second-order valence-corrected chi connectivity index (χ2v) is 4.46. The van der Waals surface area contributed by atoms with Crippen molar-refractivity contribution in [2.24, 2.45) is 17.3 Å². The first-order chi connectivity index (χ1) is 7.48. The van der Waals surface area contributed by atoms with Gasteiger partial charge in [0.1, 0.15) is 0 Å². The number of carbonyl (C=O) groups is 2. The Labute approximate surface area is 95.9 Å². The van der Waals surface area contributed by atoms with Crippen molar-refractivity contribution >= 4 is 12.3 Å². The second kappa shape index (κ2) is 4.52. The number of carbonyl (C=O) groups excluding carboxylic acids is 2. The van der Waals surface area contributed by atoms with Gasteiger partial charge in [-0.1, -0.05) is 25.8 Å². The van der Waals surface area contributed by atoms with Gasteiger partial charge in [-0.3, -0.25) is 9.59 Å². The largest absolute Gasteiger partial charge is 0.466 e. The summed E-state index contributed by atoms with van der Waals surface area (Å²) in [6.07, 6.45) is 7.49. The van der Waals surface area contributed by atoms with Crippen LogP contribution in [-0.2, 0) is 14.3 Å². The summed E-state index contributed by atoms with van der Waals surface area (Å²) in [5.74, 6) is 1.90. The van der Waals surface area contributed by atoms with E-state index in [4.69, 9.17) is 11.2 Å². The zero-order valence-corrected chi connectivity index (χ0v) is 9.82. The first-order valence-electron chi connectivity index (χ1n) is 5.29. The lowest BCUT2D eigenvalue weighted by Crippen LogP contribution is -2.10. The van der Waals surface area contributed by atoms with Crippen LogP contribution in [0.25, 0.3) is 0 Å². The van der Waals surface area contributed by atoms with E-state index < -0.39 is 0 Å². The van der Waals surface area contributed by atoms with Gasteiger partial charge in [0.25, 0.3) is 0 Å². The molecule has 0 spiro atoms. The monoisotopic (exact) mass is 220 g/mol. The summed E-state index contributed by atoms with van der Waals surface area (Å²) in [6, 6.07) is 0. The Morgan fingerprint density at radius 1 is 1.56 bits per heavy atom. The Balaban J connectivity index is 2.79. The first-order valence-corrected chi connectivity index (χ1v) is 5.29. The molecule has 1 aliphatic rings. The minimum Gasteiger partial charge on any atom is -0.466 e. The molecule has 16 heavy (non-hydrogen) atoms. The van der Waals surface area contributed by atoms with Crippen molar-refractivity contribution in [1.82, 2.24) is 0 Å². The van der Waals surface area contributed by atoms with Gasteiger partial charge in [-0.05, 0) is 18.3 Å². The van der Waals surface area contributed by atoms with Crippen molar-refractivity contribution in [1.29, 1.82) is 0 Å². The lowest BCUT2D eigenvalue weighted by atomic mass is 10.1. The molecule has 0 amide bonds. The third-order valence-electron chi connectivity index (χ3n) is 3.10. The van der Waals surface area contributed by atoms with E-state index in [0.717, 1.165) is 0 Å². The molecule has 1 fully saturated rings. The molecular weight excluding hydrogens is 204 g/mol. The van der Waals surface area contributed by atoms with Crippen molar-refractivity contribution in [3.8, 4) is 12.3 Å². The van der Waals surface area contributed by atoms with E-state index in [1.54, 1.807) is 13.0 Å². The highest BCUT2D eigenvalue weighted by Gasteiger charge is 2.61. The van der Waals surface area contributed by atoms with Crippen LogP contribution >= 0.6 is 0 Å². The SMILES string of the molecule is C#C/C(C=O)=C\C1C(C(=O)OCC)C1(C)C. The van der Waals surface area contributed by atoms with Crippen LogP contribution in [0.1, 0.15) is 20.8 Å². The number of hydrogen-bond donors (Lipinski definition) is 0. The summed E-state index contributed by atoms with van der Waals surface area (Å²) < 4.78 is 4.97. The number of hydrogen-bond acceptors (Lipinski definition) is 3. The van der Waals surface area contributed by atoms with E-state index in [1.807, 2.05) is 13.8 Å². The molecule has 1 saturated carbocycles. The van der Waals surface area contributed by atoms with Crippen LogP contribution in [0.4, 0.5) is 0 Å². The lowest BCUT2D eigenvalue weighted by Gasteiger charge is -2.01. The van der Waals surface area contributed by atoms with Crippen LogP contribution in [0.3, 0.4) is 0 Å². The molecule has 3 heteroatoms. The van der Waals surface area contributed by atoms with Crippen LogP contribution in [0.2, 0.25) is 0 Å². The molecule has 0 saturated heterocycles. The molecule has 1 aliphatic carbocycles. The predicted molar refractivity (Wildman–Crippen MR) is 60.4 cm³/mol. The fraction of sp³-hybridized carbons (Fsp3) is 0.538. The van der Waals surface area contributed by atoms with Crippen LogP contribution in [0.5, 0.6) is 0 Å². The maximum absolute atomic E-state index is 11.6. The van der Waals surface area contributed by atoms with Crippen molar-refractivity contribution in [3.63, 3.8) is 0 Å². The van der Waals surface area contributed by atoms with Gasteiger partial charge >= 0.3 is 5.97 Å². The number of rotatable bonds is 4. The van der Waals surface area contributed by atoms with Gasteiger partial charge in [0, 0.05) is 0 Å². The van der Waals surface area contributed by atoms with Gasteiger partial charge in [0.15, 0.2) is 6.29 Å². The fourth-order valence-corrected chi connectivity index (χ4v) is 1.99. The molecule has 86 valence electrons. The zero-order chi connectivity index (χ0) is 12.3. The van der Waals surface area contributed by atoms with E-state index in [-0.39, 0.29) is 23.2 Å². The molecule has 2 atom stereocenters. The van der Waals surface area contributed by atoms with Gasteiger partial charge < -0.3 is 4.74 Å². The number of aldehydes is 1. The van der Waals surface area contributed by atoms with Crippen molar-refractivity contribution in [2.45, 2.75) is 20.8 Å². The average Bonchev–Trinajstić information content (AvgIpc) is 2.77. The summed E-state index contributed by atoms with van der Waals surface area (Å²) >= 11 is 0. The smallest absolute Gasteiger partial charge is 0.310 e. The molecule has 0 aromatic heterocycles. The Morgan fingerprint density at radius 3 is 2.62 bits per heavy atom. The Hall–Kier alpha value is -1.56. The molecule has 1 rings (SSSR count). The summed E-state index contributed by atoms with van der Waals surface area (Å²) in [5, 5.41) is 0. The number of esters is 1. The highest BCUT2D eigenvalue weighted by atomic mass is 16.5. The summed E-state index contributed by atoms with van der Waals surface area (Å²) in [7, 11) is 0. The lowest BCUT2D eigenvalue weighted by molar-refractivity contribution is -0.145. The first kappa shape index (κ1) is 12.5. The topological polar surface area (TPSA) is 43.4 Å². The van der Waals surface area contributed by atoms with E-state index >= 15 is 0 Å². The third-order valence-corrected chi connectivity index (χ3v) is 3.10. The highest BCUT2D eigenvalue weighted by Crippen LogP contribution is 2.59. The van der Waals surface area contributed by atoms with Gasteiger partial charge in [0.05, 0.1) is 18.1 Å². The quantitative estimate of drug-likeness (QED) is 0.313. The third kappa shape index (κ3) is 2.16. The standard InChI is InChI=1S/C13H16O3/c1-5-9(8-14)7-10-11(13(10,3)4)12(15)16-6-2/h1,7-8,10-11H,6H2,2-4H3/b9-7+. The molecular formula is C13H16O3. The molecule has 2 unspecified atom stereocenters. The van der Waals surface area contributed by atoms with Crippen LogP contribution in [0.15, 0.2) is 11.6 Å². The Morgan fingerprint density at radius 2 is 2.19 bits per heavy atom. The normalized spacial score (nSPS) is 26.8. The number of terminal acetylenes is 1. The van der Waals surface area contributed by atoms with E-state index in [9.17, 15) is 9.59 Å². The molecule has 0 bridgehead atoms. The zero-order valence-electron chi connectivity index (χ0n) is 9.82. The van der Waals surface area contributed by atoms with E-state index in [0.29, 0.717) is 18.5 Å². The minimum atomic E-state index is -0.212. The molecule has 0 radical (unpaired) electrons. The second-order valence-electron chi connectivity index (χ2n) is 4.46. The fourth-order valence-electron chi connectivity index (χ4n) is 1.99. The Kier molecular flexibility index (Phi) is 3.54. The number of allylic oxidation sites excluding steroid dienone is 2. The summed E-state index contributed by atoms with van der Waals surface area (Å²) in [4.78, 5) is 22.2. The Bertz CT molecular complexity index is 371. The van der Waals surface area contributed by atoms with Gasteiger partial charge in [-0.25, -0.2) is 0 Å². The van der Waals surface area contributed by atoms with Crippen molar-refractivity contribution in [2.75, 3.05) is 6.61 Å². The molecule has 3 nitrogen and oxygen atoms in total. The molecule has 0 aromatic rings. The molecule has 0 heterocycles. The molecule has 0 aromatic carbocycles. The van der Waals surface area contributed by atoms with Crippen LogP contribution in [0, 0.1) is 29.6 Å². The van der Waals surface area contributed by atoms with Crippen molar-refractivity contribution < 1.29 is 14.3 Å². The predicted octanol–water partition coefficient (Wildman–Crippen LogP) is 1.58. The van der Waals surface area contributed by atoms with Gasteiger partial charge in [-0.2, -0.15) is 0 Å². The van der Waals surface area contributed by atoms with Gasteiger partial charge in [0.2, 0.25) is 0 Å². The molecule has 0 aliphatic heterocycles. The van der Waals surface area contributed by atoms with Crippen LogP contribution < -0.4 is 0 Å². The minimum absolute atomic E-state index is 0.00259. The maximum atomic E-state index is 11.6.